The zero-order valence-electron chi connectivity index (χ0n) is 7.86. The molecule has 0 amide bonds. The van der Waals surface area contributed by atoms with Gasteiger partial charge >= 0.3 is 0 Å². The van der Waals surface area contributed by atoms with Gasteiger partial charge in [-0.15, -0.1) is 23.7 Å². The number of rotatable bonds is 3. The van der Waals surface area contributed by atoms with Crippen LogP contribution in [0, 0.1) is 5.41 Å². The molecule has 0 fully saturated rings. The minimum absolute atomic E-state index is 0. The van der Waals surface area contributed by atoms with Crippen LogP contribution in [0.4, 0.5) is 0 Å². The first-order valence-corrected chi connectivity index (χ1v) is 4.86. The van der Waals surface area contributed by atoms with E-state index in [1.54, 1.807) is 11.3 Å². The van der Waals surface area contributed by atoms with Gasteiger partial charge in [0.25, 0.3) is 0 Å². The summed E-state index contributed by atoms with van der Waals surface area (Å²) >= 11 is 1.64. The van der Waals surface area contributed by atoms with Gasteiger partial charge in [-0.3, -0.25) is 0 Å². The van der Waals surface area contributed by atoms with Crippen LogP contribution in [-0.4, -0.2) is 11.7 Å². The molecule has 13 heavy (non-hydrogen) atoms. The van der Waals surface area contributed by atoms with Crippen LogP contribution in [0.5, 0.6) is 0 Å². The Bertz CT molecular complexity index is 236. The maximum atomic E-state index is 9.09. The summed E-state index contributed by atoms with van der Waals surface area (Å²) in [6, 6.07) is 3.92. The van der Waals surface area contributed by atoms with Gasteiger partial charge in [-0.2, -0.15) is 0 Å². The second-order valence-corrected chi connectivity index (χ2v) is 4.62. The standard InChI is InChI=1S/C9H15NOS.ClH/c1-9(2,6-11)8(10)7-4-3-5-12-7;/h3-5,8,11H,6,10H2,1-2H3;1H/t8-;/m0./s1. The van der Waals surface area contributed by atoms with Crippen LogP contribution in [0.25, 0.3) is 0 Å². The molecule has 0 aromatic carbocycles. The molecule has 0 aliphatic rings. The Hall–Kier alpha value is -0.0900. The molecule has 1 heterocycles. The maximum Gasteiger partial charge on any atom is 0.0500 e. The highest BCUT2D eigenvalue weighted by molar-refractivity contribution is 7.10. The van der Waals surface area contributed by atoms with Gasteiger partial charge in [0.05, 0.1) is 6.61 Å². The fourth-order valence-electron chi connectivity index (χ4n) is 0.952. The van der Waals surface area contributed by atoms with E-state index in [0.29, 0.717) is 0 Å². The molecule has 0 radical (unpaired) electrons. The minimum atomic E-state index is -0.231. The van der Waals surface area contributed by atoms with Crippen LogP contribution in [-0.2, 0) is 0 Å². The van der Waals surface area contributed by atoms with E-state index < -0.39 is 0 Å². The Morgan fingerprint density at radius 2 is 2.23 bits per heavy atom. The van der Waals surface area contributed by atoms with Gasteiger partial charge in [0.15, 0.2) is 0 Å². The molecule has 1 aromatic rings. The summed E-state index contributed by atoms with van der Waals surface area (Å²) in [6.07, 6.45) is 0. The fourth-order valence-corrected chi connectivity index (χ4v) is 1.89. The van der Waals surface area contributed by atoms with Crippen LogP contribution >= 0.6 is 23.7 Å². The average Bonchev–Trinajstić information content (AvgIpc) is 2.55. The van der Waals surface area contributed by atoms with Crippen molar-refractivity contribution in [3.63, 3.8) is 0 Å². The van der Waals surface area contributed by atoms with E-state index in [0.717, 1.165) is 4.88 Å². The SMILES string of the molecule is CC(C)(CO)[C@@H](N)c1cccs1.Cl. The summed E-state index contributed by atoms with van der Waals surface area (Å²) in [6.45, 7) is 4.06. The lowest BCUT2D eigenvalue weighted by Gasteiger charge is -2.28. The van der Waals surface area contributed by atoms with Crippen LogP contribution in [0.15, 0.2) is 17.5 Å². The first kappa shape index (κ1) is 12.9. The third-order valence-corrected chi connectivity index (χ3v) is 3.05. The van der Waals surface area contributed by atoms with Crippen molar-refractivity contribution in [2.75, 3.05) is 6.61 Å². The molecule has 0 saturated heterocycles. The van der Waals surface area contributed by atoms with E-state index >= 15 is 0 Å². The lowest BCUT2D eigenvalue weighted by atomic mass is 9.85. The first-order valence-electron chi connectivity index (χ1n) is 3.98. The van der Waals surface area contributed by atoms with Gasteiger partial charge in [-0.25, -0.2) is 0 Å². The van der Waals surface area contributed by atoms with E-state index in [1.807, 2.05) is 31.4 Å². The Balaban J connectivity index is 0.00000144. The first-order chi connectivity index (χ1) is 5.58. The zero-order valence-corrected chi connectivity index (χ0v) is 9.49. The highest BCUT2D eigenvalue weighted by Gasteiger charge is 2.27. The van der Waals surface area contributed by atoms with E-state index in [9.17, 15) is 0 Å². The second kappa shape index (κ2) is 4.96. The summed E-state index contributed by atoms with van der Waals surface area (Å²) in [7, 11) is 0. The van der Waals surface area contributed by atoms with Crippen molar-refractivity contribution in [3.05, 3.63) is 22.4 Å². The molecular weight excluding hydrogens is 206 g/mol. The predicted molar refractivity (Wildman–Crippen MR) is 59.4 cm³/mol. The fraction of sp³-hybridized carbons (Fsp3) is 0.556. The predicted octanol–water partition coefficient (Wildman–Crippen LogP) is 2.19. The molecule has 2 nitrogen and oxygen atoms in total. The van der Waals surface area contributed by atoms with Gasteiger partial charge < -0.3 is 10.8 Å². The van der Waals surface area contributed by atoms with E-state index in [2.05, 4.69) is 0 Å². The van der Waals surface area contributed by atoms with Gasteiger partial charge in [0.2, 0.25) is 0 Å². The molecule has 0 aliphatic carbocycles. The van der Waals surface area contributed by atoms with Gasteiger partial charge in [0.1, 0.15) is 0 Å². The Labute approximate surface area is 89.2 Å². The smallest absolute Gasteiger partial charge is 0.0500 e. The maximum absolute atomic E-state index is 9.09. The number of halogens is 1. The summed E-state index contributed by atoms with van der Waals surface area (Å²) in [4.78, 5) is 1.13. The van der Waals surface area contributed by atoms with Crippen molar-refractivity contribution >= 4 is 23.7 Å². The van der Waals surface area contributed by atoms with Crippen LogP contribution in [0.3, 0.4) is 0 Å². The lowest BCUT2D eigenvalue weighted by molar-refractivity contribution is 0.133. The second-order valence-electron chi connectivity index (χ2n) is 3.64. The van der Waals surface area contributed by atoms with Gasteiger partial charge in [-0.05, 0) is 11.4 Å². The highest BCUT2D eigenvalue weighted by Crippen LogP contribution is 2.32. The summed E-state index contributed by atoms with van der Waals surface area (Å²) in [5.74, 6) is 0. The Kier molecular flexibility index (Phi) is 4.92. The Morgan fingerprint density at radius 3 is 2.62 bits per heavy atom. The number of hydrogen-bond donors (Lipinski definition) is 2. The average molecular weight is 222 g/mol. The number of hydrogen-bond acceptors (Lipinski definition) is 3. The molecular formula is C9H16ClNOS. The molecule has 3 N–H and O–H groups in total. The van der Waals surface area contributed by atoms with E-state index in [4.69, 9.17) is 10.8 Å². The number of aliphatic hydroxyl groups is 1. The topological polar surface area (TPSA) is 46.2 Å². The largest absolute Gasteiger partial charge is 0.396 e. The van der Waals surface area contributed by atoms with Crippen molar-refractivity contribution in [3.8, 4) is 0 Å². The third kappa shape index (κ3) is 2.95. The van der Waals surface area contributed by atoms with Crippen molar-refractivity contribution in [1.29, 1.82) is 0 Å². The molecule has 0 aliphatic heterocycles. The highest BCUT2D eigenvalue weighted by atomic mass is 35.5. The number of nitrogens with two attached hydrogens (primary N) is 1. The van der Waals surface area contributed by atoms with Crippen LogP contribution in [0.1, 0.15) is 24.8 Å². The Morgan fingerprint density at radius 1 is 1.62 bits per heavy atom. The number of thiophene rings is 1. The molecule has 0 bridgehead atoms. The molecule has 0 unspecified atom stereocenters. The minimum Gasteiger partial charge on any atom is -0.396 e. The molecule has 76 valence electrons. The summed E-state index contributed by atoms with van der Waals surface area (Å²) in [5.41, 5.74) is 5.75. The quantitative estimate of drug-likeness (QED) is 0.822. The normalized spacial score (nSPS) is 13.5. The van der Waals surface area contributed by atoms with Crippen molar-refractivity contribution < 1.29 is 5.11 Å². The lowest BCUT2D eigenvalue weighted by Crippen LogP contribution is -2.31. The number of aliphatic hydroxyl groups excluding tert-OH is 1. The van der Waals surface area contributed by atoms with Crippen LogP contribution < -0.4 is 5.73 Å². The monoisotopic (exact) mass is 221 g/mol. The van der Waals surface area contributed by atoms with Crippen molar-refractivity contribution in [2.45, 2.75) is 19.9 Å². The van der Waals surface area contributed by atoms with Gasteiger partial charge in [0, 0.05) is 16.3 Å². The molecule has 0 saturated carbocycles. The van der Waals surface area contributed by atoms with E-state index in [1.165, 1.54) is 0 Å². The van der Waals surface area contributed by atoms with Crippen LogP contribution in [0.2, 0.25) is 0 Å². The van der Waals surface area contributed by atoms with Crippen molar-refractivity contribution in [2.24, 2.45) is 11.1 Å². The molecule has 1 atom stereocenters. The molecule has 1 aromatic heterocycles. The molecule has 1 rings (SSSR count). The third-order valence-electron chi connectivity index (χ3n) is 2.10. The van der Waals surface area contributed by atoms with Crippen molar-refractivity contribution in [1.82, 2.24) is 0 Å². The molecule has 0 spiro atoms. The van der Waals surface area contributed by atoms with Gasteiger partial charge in [-0.1, -0.05) is 19.9 Å². The summed E-state index contributed by atoms with van der Waals surface area (Å²) in [5, 5.41) is 11.1. The molecule has 4 heteroatoms. The van der Waals surface area contributed by atoms with E-state index in [-0.39, 0.29) is 30.5 Å². The zero-order chi connectivity index (χ0) is 9.19. The summed E-state index contributed by atoms with van der Waals surface area (Å²) < 4.78 is 0.